The summed E-state index contributed by atoms with van der Waals surface area (Å²) in [5.74, 6) is 0. The van der Waals surface area contributed by atoms with Crippen molar-refractivity contribution in [3.8, 4) is 5.69 Å². The van der Waals surface area contributed by atoms with E-state index in [0.29, 0.717) is 4.77 Å². The van der Waals surface area contributed by atoms with Gasteiger partial charge in [0, 0.05) is 4.47 Å². The Hall–Kier alpha value is -1.39. The molecule has 3 rings (SSSR count). The number of nitrogens with zero attached hydrogens (tertiary/aromatic N) is 1. The third-order valence-electron chi connectivity index (χ3n) is 3.25. The van der Waals surface area contributed by atoms with E-state index in [2.05, 4.69) is 69.7 Å². The Balaban J connectivity index is 2.42. The number of benzene rings is 2. The van der Waals surface area contributed by atoms with Crippen molar-refractivity contribution in [2.45, 2.75) is 13.8 Å². The third kappa shape index (κ3) is 2.05. The molecule has 0 fully saturated rings. The number of nitrogens with one attached hydrogen (secondary N) is 1. The van der Waals surface area contributed by atoms with Crippen LogP contribution in [0.4, 0.5) is 0 Å². The zero-order valence-corrected chi connectivity index (χ0v) is 13.1. The van der Waals surface area contributed by atoms with Crippen molar-refractivity contribution in [2.24, 2.45) is 0 Å². The Morgan fingerprint density at radius 1 is 1.16 bits per heavy atom. The van der Waals surface area contributed by atoms with E-state index in [4.69, 9.17) is 12.2 Å². The van der Waals surface area contributed by atoms with Crippen LogP contribution in [0.2, 0.25) is 0 Å². The Kier molecular flexibility index (Phi) is 3.07. The van der Waals surface area contributed by atoms with Gasteiger partial charge in [0.2, 0.25) is 0 Å². The topological polar surface area (TPSA) is 20.7 Å². The van der Waals surface area contributed by atoms with Crippen molar-refractivity contribution in [2.75, 3.05) is 0 Å². The number of hydrogen-bond acceptors (Lipinski definition) is 1. The highest BCUT2D eigenvalue weighted by Gasteiger charge is 2.10. The van der Waals surface area contributed by atoms with Crippen LogP contribution in [-0.4, -0.2) is 9.55 Å². The van der Waals surface area contributed by atoms with E-state index in [-0.39, 0.29) is 0 Å². The number of fused-ring (bicyclic) bond motifs is 1. The third-order valence-corrected chi connectivity index (χ3v) is 4.57. The summed E-state index contributed by atoms with van der Waals surface area (Å²) in [5.41, 5.74) is 5.66. The molecule has 1 heterocycles. The van der Waals surface area contributed by atoms with Crippen molar-refractivity contribution >= 4 is 39.2 Å². The minimum Gasteiger partial charge on any atom is -0.330 e. The number of rotatable bonds is 1. The zero-order chi connectivity index (χ0) is 13.6. The monoisotopic (exact) mass is 332 g/mol. The molecule has 0 aliphatic heterocycles. The van der Waals surface area contributed by atoms with E-state index in [1.807, 2.05) is 6.07 Å². The summed E-state index contributed by atoms with van der Waals surface area (Å²) in [6, 6.07) is 12.5. The standard InChI is InChI=1S/C15H13BrN2S/c1-9-6-7-11-13(8-9)18(15(19)17-11)12-5-3-4-10(2)14(12)16/h3-8H,1-2H3,(H,17,19). The molecule has 0 aliphatic carbocycles. The number of H-pyrrole nitrogens is 1. The number of aromatic amines is 1. The van der Waals surface area contributed by atoms with Gasteiger partial charge >= 0.3 is 0 Å². The molecule has 0 radical (unpaired) electrons. The molecule has 2 aromatic carbocycles. The summed E-state index contributed by atoms with van der Waals surface area (Å²) >= 11 is 9.13. The fraction of sp³-hybridized carbons (Fsp3) is 0.133. The normalized spacial score (nSPS) is 11.1. The van der Waals surface area contributed by atoms with Gasteiger partial charge in [-0.05, 0) is 71.3 Å². The highest BCUT2D eigenvalue weighted by molar-refractivity contribution is 9.10. The van der Waals surface area contributed by atoms with Gasteiger partial charge in [0.25, 0.3) is 0 Å². The predicted octanol–water partition coefficient (Wildman–Crippen LogP) is 5.07. The highest BCUT2D eigenvalue weighted by atomic mass is 79.9. The predicted molar refractivity (Wildman–Crippen MR) is 85.6 cm³/mol. The van der Waals surface area contributed by atoms with E-state index in [9.17, 15) is 0 Å². The summed E-state index contributed by atoms with van der Waals surface area (Å²) in [4.78, 5) is 3.26. The molecular formula is C15H13BrN2S. The second-order valence-electron chi connectivity index (χ2n) is 4.69. The molecule has 1 N–H and O–H groups in total. The maximum absolute atomic E-state index is 5.47. The van der Waals surface area contributed by atoms with Crippen LogP contribution in [0.25, 0.3) is 16.7 Å². The Labute approximate surface area is 125 Å². The first kappa shape index (κ1) is 12.6. The number of aryl methyl sites for hydroxylation is 2. The summed E-state index contributed by atoms with van der Waals surface area (Å²) in [6.07, 6.45) is 0. The van der Waals surface area contributed by atoms with Gasteiger partial charge in [0.1, 0.15) is 0 Å². The van der Waals surface area contributed by atoms with Crippen molar-refractivity contribution in [3.63, 3.8) is 0 Å². The Morgan fingerprint density at radius 2 is 1.95 bits per heavy atom. The molecule has 1 aromatic heterocycles. The first-order chi connectivity index (χ1) is 9.08. The molecule has 4 heteroatoms. The average molecular weight is 333 g/mol. The molecule has 0 amide bonds. The molecule has 0 aliphatic rings. The highest BCUT2D eigenvalue weighted by Crippen LogP contribution is 2.28. The number of imidazole rings is 1. The van der Waals surface area contributed by atoms with Crippen molar-refractivity contribution < 1.29 is 0 Å². The molecular weight excluding hydrogens is 320 g/mol. The first-order valence-electron chi connectivity index (χ1n) is 6.05. The van der Waals surface area contributed by atoms with Crippen molar-refractivity contribution in [3.05, 3.63) is 56.8 Å². The first-order valence-corrected chi connectivity index (χ1v) is 7.25. The minimum absolute atomic E-state index is 0.715. The van der Waals surface area contributed by atoms with Crippen LogP contribution in [0.5, 0.6) is 0 Å². The number of hydrogen-bond donors (Lipinski definition) is 1. The van der Waals surface area contributed by atoms with E-state index in [1.165, 1.54) is 11.1 Å². The van der Waals surface area contributed by atoms with Crippen LogP contribution in [0.3, 0.4) is 0 Å². The molecule has 0 unspecified atom stereocenters. The maximum Gasteiger partial charge on any atom is 0.182 e. The molecule has 0 saturated heterocycles. The Bertz CT molecular complexity index is 830. The average Bonchev–Trinajstić information content (AvgIpc) is 2.69. The van der Waals surface area contributed by atoms with Crippen LogP contribution >= 0.6 is 28.1 Å². The fourth-order valence-corrected chi connectivity index (χ4v) is 3.00. The van der Waals surface area contributed by atoms with Gasteiger partial charge in [-0.1, -0.05) is 18.2 Å². The van der Waals surface area contributed by atoms with Gasteiger partial charge in [-0.15, -0.1) is 0 Å². The quantitative estimate of drug-likeness (QED) is 0.617. The lowest BCUT2D eigenvalue weighted by atomic mass is 10.2. The maximum atomic E-state index is 5.47. The van der Waals surface area contributed by atoms with E-state index < -0.39 is 0 Å². The molecule has 3 aromatic rings. The van der Waals surface area contributed by atoms with Gasteiger partial charge in [-0.25, -0.2) is 0 Å². The molecule has 96 valence electrons. The molecule has 0 saturated carbocycles. The largest absolute Gasteiger partial charge is 0.330 e. The summed E-state index contributed by atoms with van der Waals surface area (Å²) in [7, 11) is 0. The van der Waals surface area contributed by atoms with Gasteiger partial charge in [-0.3, -0.25) is 4.57 Å². The summed E-state index contributed by atoms with van der Waals surface area (Å²) < 4.78 is 3.87. The van der Waals surface area contributed by atoms with E-state index in [1.54, 1.807) is 0 Å². The van der Waals surface area contributed by atoms with Crippen LogP contribution < -0.4 is 0 Å². The molecule has 0 bridgehead atoms. The van der Waals surface area contributed by atoms with Crippen LogP contribution in [-0.2, 0) is 0 Å². The lowest BCUT2D eigenvalue weighted by Gasteiger charge is -2.09. The van der Waals surface area contributed by atoms with E-state index in [0.717, 1.165) is 21.2 Å². The van der Waals surface area contributed by atoms with Crippen molar-refractivity contribution in [1.82, 2.24) is 9.55 Å². The molecule has 19 heavy (non-hydrogen) atoms. The van der Waals surface area contributed by atoms with Gasteiger partial charge in [0.05, 0.1) is 16.7 Å². The second kappa shape index (κ2) is 4.62. The molecule has 2 nitrogen and oxygen atoms in total. The van der Waals surface area contributed by atoms with Crippen LogP contribution in [0.15, 0.2) is 40.9 Å². The lowest BCUT2D eigenvalue weighted by Crippen LogP contribution is -1.96. The minimum atomic E-state index is 0.715. The Morgan fingerprint density at radius 3 is 2.74 bits per heavy atom. The number of aromatic nitrogens is 2. The van der Waals surface area contributed by atoms with Gasteiger partial charge in [0.15, 0.2) is 4.77 Å². The second-order valence-corrected chi connectivity index (χ2v) is 5.87. The van der Waals surface area contributed by atoms with Crippen LogP contribution in [0.1, 0.15) is 11.1 Å². The lowest BCUT2D eigenvalue weighted by molar-refractivity contribution is 1.05. The van der Waals surface area contributed by atoms with Crippen molar-refractivity contribution in [1.29, 1.82) is 0 Å². The SMILES string of the molecule is Cc1ccc2[nH]c(=S)n(-c3cccc(C)c3Br)c2c1. The van der Waals surface area contributed by atoms with Gasteiger partial charge < -0.3 is 4.98 Å². The molecule has 0 spiro atoms. The molecule has 0 atom stereocenters. The van der Waals surface area contributed by atoms with E-state index >= 15 is 0 Å². The summed E-state index contributed by atoms with van der Waals surface area (Å²) in [6.45, 7) is 4.17. The smallest absolute Gasteiger partial charge is 0.182 e. The fourth-order valence-electron chi connectivity index (χ4n) is 2.26. The summed E-state index contributed by atoms with van der Waals surface area (Å²) in [5, 5.41) is 0. The zero-order valence-electron chi connectivity index (χ0n) is 10.7. The van der Waals surface area contributed by atoms with Crippen LogP contribution in [0, 0.1) is 18.6 Å². The van der Waals surface area contributed by atoms with Gasteiger partial charge in [-0.2, -0.15) is 0 Å². The number of halogens is 1.